The first-order chi connectivity index (χ1) is 9.63. The SMILES string of the molecule is COc1ccc(Oc2ccc(C#N)c([N+](=O)[O-])c2)cc1. The van der Waals surface area contributed by atoms with Gasteiger partial charge in [-0.3, -0.25) is 10.1 Å². The minimum atomic E-state index is -0.612. The summed E-state index contributed by atoms with van der Waals surface area (Å²) >= 11 is 0. The lowest BCUT2D eigenvalue weighted by Gasteiger charge is -2.06. The molecule has 6 heteroatoms. The van der Waals surface area contributed by atoms with Crippen molar-refractivity contribution < 1.29 is 14.4 Å². The highest BCUT2D eigenvalue weighted by Crippen LogP contribution is 2.28. The number of nitriles is 1. The highest BCUT2D eigenvalue weighted by atomic mass is 16.6. The number of rotatable bonds is 4. The van der Waals surface area contributed by atoms with Gasteiger partial charge in [-0.1, -0.05) is 0 Å². The van der Waals surface area contributed by atoms with Gasteiger partial charge < -0.3 is 9.47 Å². The summed E-state index contributed by atoms with van der Waals surface area (Å²) in [6, 6.07) is 12.7. The maximum atomic E-state index is 10.9. The number of ether oxygens (including phenoxy) is 2. The summed E-state index contributed by atoms with van der Waals surface area (Å²) in [6.45, 7) is 0. The Hall–Kier alpha value is -3.07. The average Bonchev–Trinajstić information content (AvgIpc) is 2.48. The van der Waals surface area contributed by atoms with Gasteiger partial charge in [0, 0.05) is 0 Å². The van der Waals surface area contributed by atoms with Crippen LogP contribution >= 0.6 is 0 Å². The van der Waals surface area contributed by atoms with E-state index in [9.17, 15) is 10.1 Å². The van der Waals surface area contributed by atoms with Crippen LogP contribution in [0, 0.1) is 21.4 Å². The molecule has 0 N–H and O–H groups in total. The van der Waals surface area contributed by atoms with Gasteiger partial charge in [0.2, 0.25) is 0 Å². The van der Waals surface area contributed by atoms with Crippen LogP contribution in [0.25, 0.3) is 0 Å². The molecule has 0 aliphatic heterocycles. The maximum absolute atomic E-state index is 10.9. The molecule has 0 aromatic heterocycles. The zero-order valence-corrected chi connectivity index (χ0v) is 10.6. The summed E-state index contributed by atoms with van der Waals surface area (Å²) in [5.74, 6) is 1.49. The predicted octanol–water partition coefficient (Wildman–Crippen LogP) is 3.27. The molecule has 20 heavy (non-hydrogen) atoms. The molecule has 0 saturated carbocycles. The Kier molecular flexibility index (Phi) is 3.82. The van der Waals surface area contributed by atoms with Crippen molar-refractivity contribution in [1.29, 1.82) is 5.26 Å². The van der Waals surface area contributed by atoms with Crippen LogP contribution in [0.4, 0.5) is 5.69 Å². The number of nitrogens with zero attached hydrogens (tertiary/aromatic N) is 2. The Labute approximate surface area is 114 Å². The minimum Gasteiger partial charge on any atom is -0.497 e. The van der Waals surface area contributed by atoms with E-state index >= 15 is 0 Å². The van der Waals surface area contributed by atoms with Crippen LogP contribution in [-0.2, 0) is 0 Å². The molecule has 0 heterocycles. The van der Waals surface area contributed by atoms with Crippen molar-refractivity contribution in [2.45, 2.75) is 0 Å². The zero-order valence-electron chi connectivity index (χ0n) is 10.6. The number of nitro benzene ring substituents is 1. The largest absolute Gasteiger partial charge is 0.497 e. The quantitative estimate of drug-likeness (QED) is 0.628. The topological polar surface area (TPSA) is 85.4 Å². The van der Waals surface area contributed by atoms with Crippen LogP contribution in [0.3, 0.4) is 0 Å². The van der Waals surface area contributed by atoms with Gasteiger partial charge in [0.15, 0.2) is 0 Å². The normalized spacial score (nSPS) is 9.60. The van der Waals surface area contributed by atoms with E-state index in [2.05, 4.69) is 0 Å². The van der Waals surface area contributed by atoms with E-state index < -0.39 is 4.92 Å². The highest BCUT2D eigenvalue weighted by Gasteiger charge is 2.15. The van der Waals surface area contributed by atoms with E-state index in [1.165, 1.54) is 18.2 Å². The van der Waals surface area contributed by atoms with Crippen LogP contribution in [0.2, 0.25) is 0 Å². The molecule has 0 fully saturated rings. The smallest absolute Gasteiger partial charge is 0.290 e. The fourth-order valence-corrected chi connectivity index (χ4v) is 1.60. The van der Waals surface area contributed by atoms with Gasteiger partial charge in [0.05, 0.1) is 18.1 Å². The van der Waals surface area contributed by atoms with Crippen molar-refractivity contribution in [1.82, 2.24) is 0 Å². The monoisotopic (exact) mass is 270 g/mol. The van der Waals surface area contributed by atoms with Crippen molar-refractivity contribution in [3.8, 4) is 23.3 Å². The Balaban J connectivity index is 2.27. The van der Waals surface area contributed by atoms with Gasteiger partial charge in [-0.25, -0.2) is 0 Å². The van der Waals surface area contributed by atoms with Crippen LogP contribution in [0.1, 0.15) is 5.56 Å². The molecule has 2 aromatic rings. The van der Waals surface area contributed by atoms with Crippen molar-refractivity contribution in [3.63, 3.8) is 0 Å². The third-order valence-electron chi connectivity index (χ3n) is 2.58. The maximum Gasteiger partial charge on any atom is 0.290 e. The van der Waals surface area contributed by atoms with Crippen LogP contribution in [0.5, 0.6) is 17.2 Å². The summed E-state index contributed by atoms with van der Waals surface area (Å²) in [5, 5.41) is 19.6. The predicted molar refractivity (Wildman–Crippen MR) is 70.9 cm³/mol. The first kappa shape index (κ1) is 13.4. The third-order valence-corrected chi connectivity index (χ3v) is 2.58. The van der Waals surface area contributed by atoms with E-state index in [0.29, 0.717) is 17.2 Å². The second kappa shape index (κ2) is 5.71. The van der Waals surface area contributed by atoms with Gasteiger partial charge >= 0.3 is 0 Å². The molecular weight excluding hydrogens is 260 g/mol. The molecule has 0 aliphatic rings. The lowest BCUT2D eigenvalue weighted by Crippen LogP contribution is -1.93. The highest BCUT2D eigenvalue weighted by molar-refractivity contribution is 5.53. The van der Waals surface area contributed by atoms with Gasteiger partial charge in [-0.15, -0.1) is 0 Å². The molecule has 0 saturated heterocycles. The fourth-order valence-electron chi connectivity index (χ4n) is 1.60. The second-order valence-corrected chi connectivity index (χ2v) is 3.83. The summed E-state index contributed by atoms with van der Waals surface area (Å²) in [7, 11) is 1.56. The average molecular weight is 270 g/mol. The van der Waals surface area contributed by atoms with Crippen molar-refractivity contribution in [2.75, 3.05) is 7.11 Å². The minimum absolute atomic E-state index is 0.00270. The number of methoxy groups -OCH3 is 1. The van der Waals surface area contributed by atoms with Crippen molar-refractivity contribution in [3.05, 3.63) is 58.1 Å². The fraction of sp³-hybridized carbons (Fsp3) is 0.0714. The second-order valence-electron chi connectivity index (χ2n) is 3.83. The molecule has 0 atom stereocenters. The van der Waals surface area contributed by atoms with Crippen molar-refractivity contribution >= 4 is 5.69 Å². The molecule has 2 rings (SSSR count). The molecule has 0 radical (unpaired) electrons. The Morgan fingerprint density at radius 1 is 1.10 bits per heavy atom. The number of benzene rings is 2. The van der Waals surface area contributed by atoms with Gasteiger partial charge in [-0.2, -0.15) is 5.26 Å². The van der Waals surface area contributed by atoms with E-state index in [1.54, 1.807) is 37.4 Å². The molecule has 0 amide bonds. The molecule has 2 aromatic carbocycles. The Bertz CT molecular complexity index is 675. The lowest BCUT2D eigenvalue weighted by molar-refractivity contribution is -0.385. The van der Waals surface area contributed by atoms with Crippen molar-refractivity contribution in [2.24, 2.45) is 0 Å². The first-order valence-electron chi connectivity index (χ1n) is 5.64. The molecule has 100 valence electrons. The third kappa shape index (κ3) is 2.84. The van der Waals surface area contributed by atoms with Crippen LogP contribution in [0.15, 0.2) is 42.5 Å². The van der Waals surface area contributed by atoms with Gasteiger partial charge in [0.1, 0.15) is 28.9 Å². The standard InChI is InChI=1S/C14H10N2O4/c1-19-11-4-6-12(7-5-11)20-13-3-2-10(9-15)14(8-13)16(17)18/h2-8H,1H3. The van der Waals surface area contributed by atoms with E-state index in [0.717, 1.165) is 0 Å². The summed E-state index contributed by atoms with van der Waals surface area (Å²) in [5.41, 5.74) is -0.282. The molecule has 0 aliphatic carbocycles. The number of hydrogen-bond acceptors (Lipinski definition) is 5. The Morgan fingerprint density at radius 2 is 1.70 bits per heavy atom. The van der Waals surface area contributed by atoms with E-state index in [1.807, 2.05) is 0 Å². The first-order valence-corrected chi connectivity index (χ1v) is 5.64. The van der Waals surface area contributed by atoms with Crippen LogP contribution < -0.4 is 9.47 Å². The molecule has 6 nitrogen and oxygen atoms in total. The van der Waals surface area contributed by atoms with E-state index in [4.69, 9.17) is 14.7 Å². The zero-order chi connectivity index (χ0) is 14.5. The molecular formula is C14H10N2O4. The van der Waals surface area contributed by atoms with Gasteiger partial charge in [-0.05, 0) is 36.4 Å². The van der Waals surface area contributed by atoms with E-state index in [-0.39, 0.29) is 11.3 Å². The number of nitro groups is 1. The molecule has 0 spiro atoms. The summed E-state index contributed by atoms with van der Waals surface area (Å²) in [6.07, 6.45) is 0. The van der Waals surface area contributed by atoms with Gasteiger partial charge in [0.25, 0.3) is 5.69 Å². The van der Waals surface area contributed by atoms with Crippen LogP contribution in [-0.4, -0.2) is 12.0 Å². The summed E-state index contributed by atoms with van der Waals surface area (Å²) < 4.78 is 10.5. The Morgan fingerprint density at radius 3 is 2.25 bits per heavy atom. The molecule has 0 bridgehead atoms. The summed E-state index contributed by atoms with van der Waals surface area (Å²) in [4.78, 5) is 10.2. The lowest BCUT2D eigenvalue weighted by atomic mass is 10.2. The number of hydrogen-bond donors (Lipinski definition) is 0. The molecule has 0 unspecified atom stereocenters.